The lowest BCUT2D eigenvalue weighted by Crippen LogP contribution is -2.32. The Labute approximate surface area is 266 Å². The number of imidazole rings is 1. The van der Waals surface area contributed by atoms with E-state index in [2.05, 4.69) is 0 Å². The van der Waals surface area contributed by atoms with Crippen LogP contribution in [0.4, 0.5) is 5.69 Å². The lowest BCUT2D eigenvalue weighted by Gasteiger charge is -2.16. The zero-order chi connectivity index (χ0) is 31.4. The second kappa shape index (κ2) is 13.5. The number of carbonyl (C=O) groups is 2. The summed E-state index contributed by atoms with van der Waals surface area (Å²) in [4.78, 5) is 28.3. The molecule has 224 valence electrons. The van der Waals surface area contributed by atoms with Crippen LogP contribution in [0.1, 0.15) is 35.1 Å². The van der Waals surface area contributed by atoms with Gasteiger partial charge in [-0.1, -0.05) is 78.7 Å². The van der Waals surface area contributed by atoms with E-state index < -0.39 is 23.3 Å². The fourth-order valence-corrected chi connectivity index (χ4v) is 5.90. The lowest BCUT2D eigenvalue weighted by molar-refractivity contribution is -0.116. The molecule has 44 heavy (non-hydrogen) atoms. The normalized spacial score (nSPS) is 11.1. The minimum Gasteiger partial charge on any atom is -0.368 e. The van der Waals surface area contributed by atoms with Gasteiger partial charge in [0.1, 0.15) is 12.4 Å². The summed E-state index contributed by atoms with van der Waals surface area (Å²) >= 11 is 12.6. The SMILES string of the molecule is CCC(=O)c1ccc(-c2ccc(Cc3nc(-c4ccc(Cl)cc4Cl)cn3-c3ccc(N(CC(N)=O)[SH](=O)=O)cc3)cc2)cc1. The first-order chi connectivity index (χ1) is 21.1. The summed E-state index contributed by atoms with van der Waals surface area (Å²) in [6, 6.07) is 27.6. The predicted molar refractivity (Wildman–Crippen MR) is 175 cm³/mol. The van der Waals surface area contributed by atoms with Crippen LogP contribution < -0.4 is 10.0 Å². The Kier molecular flexibility index (Phi) is 9.49. The van der Waals surface area contributed by atoms with Crippen LogP contribution in [0.2, 0.25) is 10.0 Å². The first-order valence-corrected chi connectivity index (χ1v) is 15.6. The van der Waals surface area contributed by atoms with Gasteiger partial charge in [0.25, 0.3) is 0 Å². The Morgan fingerprint density at radius 3 is 2.09 bits per heavy atom. The van der Waals surface area contributed by atoms with Gasteiger partial charge in [0.2, 0.25) is 16.8 Å². The molecule has 0 spiro atoms. The zero-order valence-corrected chi connectivity index (χ0v) is 26.0. The van der Waals surface area contributed by atoms with Crippen molar-refractivity contribution in [1.29, 1.82) is 0 Å². The molecule has 0 aliphatic heterocycles. The summed E-state index contributed by atoms with van der Waals surface area (Å²) in [7, 11) is -3.06. The minimum absolute atomic E-state index is 0.111. The highest BCUT2D eigenvalue weighted by Crippen LogP contribution is 2.32. The predicted octanol–water partition coefficient (Wildman–Crippen LogP) is 6.51. The van der Waals surface area contributed by atoms with E-state index in [0.717, 1.165) is 32.5 Å². The average Bonchev–Trinajstić information content (AvgIpc) is 3.43. The Bertz CT molecular complexity index is 1890. The van der Waals surface area contributed by atoms with E-state index in [0.29, 0.717) is 45.4 Å². The van der Waals surface area contributed by atoms with Gasteiger partial charge in [-0.25, -0.2) is 13.4 Å². The van der Waals surface area contributed by atoms with Gasteiger partial charge in [0.15, 0.2) is 5.78 Å². The number of nitrogens with zero attached hydrogens (tertiary/aromatic N) is 3. The van der Waals surface area contributed by atoms with Crippen molar-refractivity contribution in [2.75, 3.05) is 10.8 Å². The molecule has 5 rings (SSSR count). The van der Waals surface area contributed by atoms with Crippen molar-refractivity contribution in [2.45, 2.75) is 19.8 Å². The molecular formula is C33H28Cl2N4O4S. The fraction of sp³-hybridized carbons (Fsp3) is 0.121. The number of halogens is 2. The molecule has 0 aliphatic rings. The number of primary amides is 1. The molecule has 1 heterocycles. The largest absolute Gasteiger partial charge is 0.368 e. The van der Waals surface area contributed by atoms with Crippen molar-refractivity contribution in [3.63, 3.8) is 0 Å². The number of rotatable bonds is 11. The molecule has 0 aliphatic carbocycles. The third-order valence-corrected chi connectivity index (χ3v) is 8.41. The van der Waals surface area contributed by atoms with Crippen LogP contribution in [0.25, 0.3) is 28.1 Å². The van der Waals surface area contributed by atoms with Crippen LogP contribution in [-0.2, 0) is 22.1 Å². The highest BCUT2D eigenvalue weighted by molar-refractivity contribution is 7.74. The molecule has 0 atom stereocenters. The van der Waals surface area contributed by atoms with Crippen LogP contribution in [0.3, 0.4) is 0 Å². The van der Waals surface area contributed by atoms with Gasteiger partial charge >= 0.3 is 0 Å². The van der Waals surface area contributed by atoms with Gasteiger partial charge in [-0.15, -0.1) is 0 Å². The maximum Gasteiger partial charge on any atom is 0.238 e. The Balaban J connectivity index is 1.48. The molecule has 11 heteroatoms. The third-order valence-electron chi connectivity index (χ3n) is 7.09. The summed E-state index contributed by atoms with van der Waals surface area (Å²) in [6.07, 6.45) is 2.81. The van der Waals surface area contributed by atoms with Gasteiger partial charge in [-0.3, -0.25) is 13.9 Å². The monoisotopic (exact) mass is 646 g/mol. The van der Waals surface area contributed by atoms with Crippen molar-refractivity contribution < 1.29 is 18.0 Å². The van der Waals surface area contributed by atoms with Crippen LogP contribution >= 0.6 is 23.2 Å². The molecule has 4 aromatic carbocycles. The number of hydrogen-bond acceptors (Lipinski definition) is 5. The van der Waals surface area contributed by atoms with E-state index in [-0.39, 0.29) is 5.78 Å². The number of aromatic nitrogens is 2. The molecule has 0 radical (unpaired) electrons. The van der Waals surface area contributed by atoms with Crippen molar-refractivity contribution in [3.05, 3.63) is 124 Å². The molecular weight excluding hydrogens is 619 g/mol. The molecule has 8 nitrogen and oxygen atoms in total. The van der Waals surface area contributed by atoms with E-state index in [1.165, 1.54) is 0 Å². The van der Waals surface area contributed by atoms with Crippen molar-refractivity contribution in [3.8, 4) is 28.1 Å². The molecule has 0 saturated heterocycles. The molecule has 0 unspecified atom stereocenters. The standard InChI is InChI=1S/C33H28Cl2N4O4S/c1-2-31(40)24-9-7-23(8-10-24)22-5-3-21(4-6-22)17-33-37-30(28-16-11-25(34)18-29(28)35)19-38(33)26-12-14-27(15-13-26)39(44(42)43)20-32(36)41/h3-16,18-19,44H,2,17,20H2,1H3,(H2,36,41). The van der Waals surface area contributed by atoms with Gasteiger partial charge < -0.3 is 10.3 Å². The van der Waals surface area contributed by atoms with Gasteiger partial charge in [0, 0.05) is 40.9 Å². The van der Waals surface area contributed by atoms with Crippen LogP contribution in [0.15, 0.2) is 97.2 Å². The molecule has 1 amide bonds. The Hall–Kier alpha value is -4.44. The molecule has 0 saturated carbocycles. The van der Waals surface area contributed by atoms with Crippen molar-refractivity contribution in [1.82, 2.24) is 9.55 Å². The van der Waals surface area contributed by atoms with Gasteiger partial charge in [0.05, 0.1) is 16.4 Å². The summed E-state index contributed by atoms with van der Waals surface area (Å²) in [5.41, 5.74) is 11.4. The van der Waals surface area contributed by atoms with Crippen molar-refractivity contribution >= 4 is 51.5 Å². The number of anilines is 1. The summed E-state index contributed by atoms with van der Waals surface area (Å²) in [5.74, 6) is 0.0716. The lowest BCUT2D eigenvalue weighted by atomic mass is 10.00. The van der Waals surface area contributed by atoms with E-state index in [1.54, 1.807) is 36.4 Å². The number of benzene rings is 4. The molecule has 0 bridgehead atoms. The van der Waals surface area contributed by atoms with E-state index in [1.807, 2.05) is 72.3 Å². The average molecular weight is 648 g/mol. The van der Waals surface area contributed by atoms with Gasteiger partial charge in [-0.05, 0) is 59.2 Å². The Morgan fingerprint density at radius 2 is 1.52 bits per heavy atom. The number of Topliss-reactive ketones (excluding diaryl/α,β-unsaturated/α-hetero) is 1. The quantitative estimate of drug-likeness (QED) is 0.125. The second-order valence-corrected chi connectivity index (χ2v) is 11.8. The van der Waals surface area contributed by atoms with E-state index >= 15 is 0 Å². The Morgan fingerprint density at radius 1 is 0.886 bits per heavy atom. The number of thiol groups is 1. The molecule has 0 fully saturated rings. The smallest absolute Gasteiger partial charge is 0.238 e. The molecule has 1 aromatic heterocycles. The number of hydrogen-bond donors (Lipinski definition) is 2. The topological polar surface area (TPSA) is 115 Å². The number of nitrogens with two attached hydrogens (primary N) is 1. The minimum atomic E-state index is -3.06. The van der Waals surface area contributed by atoms with Gasteiger partial charge in [-0.2, -0.15) is 0 Å². The third kappa shape index (κ3) is 7.02. The number of ketones is 1. The number of carbonyl (C=O) groups excluding carboxylic acids is 2. The number of amides is 1. The first kappa shape index (κ1) is 31.0. The first-order valence-electron chi connectivity index (χ1n) is 13.7. The maximum atomic E-state index is 12.0. The molecule has 2 N–H and O–H groups in total. The molecule has 5 aromatic rings. The fourth-order valence-electron chi connectivity index (χ4n) is 4.82. The zero-order valence-electron chi connectivity index (χ0n) is 23.6. The summed E-state index contributed by atoms with van der Waals surface area (Å²) < 4.78 is 26.3. The van der Waals surface area contributed by atoms with Crippen LogP contribution in [-0.4, -0.2) is 36.2 Å². The van der Waals surface area contributed by atoms with E-state index in [4.69, 9.17) is 33.9 Å². The summed E-state index contributed by atoms with van der Waals surface area (Å²) in [5, 5.41) is 0.972. The van der Waals surface area contributed by atoms with Crippen LogP contribution in [0, 0.1) is 0 Å². The van der Waals surface area contributed by atoms with Crippen molar-refractivity contribution in [2.24, 2.45) is 5.73 Å². The van der Waals surface area contributed by atoms with E-state index in [9.17, 15) is 18.0 Å². The highest BCUT2D eigenvalue weighted by Gasteiger charge is 2.17. The summed E-state index contributed by atoms with van der Waals surface area (Å²) in [6.45, 7) is 1.39. The highest BCUT2D eigenvalue weighted by atomic mass is 35.5. The maximum absolute atomic E-state index is 12.0. The second-order valence-electron chi connectivity index (χ2n) is 10.0. The van der Waals surface area contributed by atoms with Crippen LogP contribution in [0.5, 0.6) is 0 Å².